The third kappa shape index (κ3) is 4.46. The monoisotopic (exact) mass is 202 g/mol. The Morgan fingerprint density at radius 2 is 2.00 bits per heavy atom. The fourth-order valence-electron chi connectivity index (χ4n) is 1.08. The van der Waals surface area contributed by atoms with Gasteiger partial charge in [-0.25, -0.2) is 0 Å². The van der Waals surface area contributed by atoms with Crippen molar-refractivity contribution in [3.63, 3.8) is 0 Å². The maximum absolute atomic E-state index is 2.38. The Bertz CT molecular complexity index is 135. The largest absolute Gasteiger partial charge is 0.143 e. The molecule has 0 radical (unpaired) electrons. The number of hydrogen-bond donors (Lipinski definition) is 0. The molecule has 1 fully saturated rings. The predicted octanol–water partition coefficient (Wildman–Crippen LogP) is 3.78. The first-order chi connectivity index (χ1) is 5.79. The molecule has 0 aromatic carbocycles. The fraction of sp³-hybridized carbons (Fsp3) is 0.800. The van der Waals surface area contributed by atoms with Crippen LogP contribution in [-0.2, 0) is 0 Å². The van der Waals surface area contributed by atoms with Crippen molar-refractivity contribution in [1.82, 2.24) is 0 Å². The maximum atomic E-state index is 2.38. The standard InChI is InChI=1S/C10H18S2/c1-9(2)5-3-6-10-11-7-4-8-12-10/h3,6,9-10H,4-5,7-8H2,1-2H3/b6-3+. The van der Waals surface area contributed by atoms with Gasteiger partial charge in [-0.3, -0.25) is 0 Å². The summed E-state index contributed by atoms with van der Waals surface area (Å²) in [5, 5.41) is 0. The van der Waals surface area contributed by atoms with Crippen LogP contribution in [-0.4, -0.2) is 16.1 Å². The molecule has 0 nitrogen and oxygen atoms in total. The number of hydrogen-bond acceptors (Lipinski definition) is 2. The summed E-state index contributed by atoms with van der Waals surface area (Å²) in [6.07, 6.45) is 7.36. The summed E-state index contributed by atoms with van der Waals surface area (Å²) >= 11 is 4.18. The van der Waals surface area contributed by atoms with Crippen LogP contribution in [0, 0.1) is 5.92 Å². The minimum Gasteiger partial charge on any atom is -0.143 e. The van der Waals surface area contributed by atoms with Gasteiger partial charge < -0.3 is 0 Å². The molecule has 0 atom stereocenters. The van der Waals surface area contributed by atoms with Crippen LogP contribution in [0.15, 0.2) is 12.2 Å². The van der Waals surface area contributed by atoms with Gasteiger partial charge in [0.2, 0.25) is 0 Å². The number of thioether (sulfide) groups is 2. The van der Waals surface area contributed by atoms with E-state index in [1.54, 1.807) is 0 Å². The van der Waals surface area contributed by atoms with Crippen molar-refractivity contribution in [2.24, 2.45) is 5.92 Å². The average molecular weight is 202 g/mol. The smallest absolute Gasteiger partial charge is 0.0682 e. The molecule has 0 bridgehead atoms. The molecule has 1 aliphatic rings. The minimum atomic E-state index is 0.748. The van der Waals surface area contributed by atoms with Crippen molar-refractivity contribution >= 4 is 23.5 Å². The maximum Gasteiger partial charge on any atom is 0.0682 e. The van der Waals surface area contributed by atoms with Gasteiger partial charge in [-0.05, 0) is 30.3 Å². The summed E-state index contributed by atoms with van der Waals surface area (Å²) in [4.78, 5) is 0. The molecule has 0 aromatic heterocycles. The summed E-state index contributed by atoms with van der Waals surface area (Å²) < 4.78 is 0.748. The van der Waals surface area contributed by atoms with Crippen molar-refractivity contribution in [3.8, 4) is 0 Å². The van der Waals surface area contributed by atoms with Crippen molar-refractivity contribution < 1.29 is 0 Å². The summed E-state index contributed by atoms with van der Waals surface area (Å²) in [5.41, 5.74) is 0. The summed E-state index contributed by atoms with van der Waals surface area (Å²) in [5.74, 6) is 3.51. The van der Waals surface area contributed by atoms with Crippen LogP contribution in [0.1, 0.15) is 26.7 Å². The quantitative estimate of drug-likeness (QED) is 0.639. The highest BCUT2D eigenvalue weighted by molar-refractivity contribution is 8.17. The Kier molecular flexibility index (Phi) is 5.24. The lowest BCUT2D eigenvalue weighted by atomic mass is 10.1. The van der Waals surface area contributed by atoms with E-state index >= 15 is 0 Å². The van der Waals surface area contributed by atoms with E-state index in [0.29, 0.717) is 0 Å². The highest BCUT2D eigenvalue weighted by Crippen LogP contribution is 2.31. The zero-order valence-electron chi connectivity index (χ0n) is 7.95. The van der Waals surface area contributed by atoms with E-state index in [2.05, 4.69) is 49.5 Å². The molecule has 1 aliphatic heterocycles. The van der Waals surface area contributed by atoms with Crippen LogP contribution in [0.4, 0.5) is 0 Å². The molecule has 70 valence electrons. The van der Waals surface area contributed by atoms with Crippen molar-refractivity contribution in [1.29, 1.82) is 0 Å². The van der Waals surface area contributed by atoms with E-state index in [9.17, 15) is 0 Å². The SMILES string of the molecule is CC(C)C/C=C/C1SCCCS1. The first-order valence-corrected chi connectivity index (χ1v) is 6.78. The molecule has 1 saturated heterocycles. The summed E-state index contributed by atoms with van der Waals surface area (Å²) in [7, 11) is 0. The molecule has 0 amide bonds. The Hall–Kier alpha value is 0.440. The predicted molar refractivity (Wildman–Crippen MR) is 61.9 cm³/mol. The molecular formula is C10H18S2. The molecule has 0 saturated carbocycles. The lowest BCUT2D eigenvalue weighted by Gasteiger charge is -2.17. The van der Waals surface area contributed by atoms with Gasteiger partial charge in [0.05, 0.1) is 4.58 Å². The molecular weight excluding hydrogens is 184 g/mol. The van der Waals surface area contributed by atoms with Crippen LogP contribution in [0.25, 0.3) is 0 Å². The molecule has 0 spiro atoms. The zero-order valence-corrected chi connectivity index (χ0v) is 9.59. The third-order valence-corrected chi connectivity index (χ3v) is 4.59. The highest BCUT2D eigenvalue weighted by atomic mass is 32.2. The van der Waals surface area contributed by atoms with Gasteiger partial charge in [0.25, 0.3) is 0 Å². The van der Waals surface area contributed by atoms with Gasteiger partial charge >= 0.3 is 0 Å². The second-order valence-electron chi connectivity index (χ2n) is 3.52. The highest BCUT2D eigenvalue weighted by Gasteiger charge is 2.10. The molecule has 0 aromatic rings. The molecule has 1 rings (SSSR count). The van der Waals surface area contributed by atoms with Gasteiger partial charge in [-0.2, -0.15) is 0 Å². The molecule has 12 heavy (non-hydrogen) atoms. The topological polar surface area (TPSA) is 0 Å². The Morgan fingerprint density at radius 1 is 1.33 bits per heavy atom. The average Bonchev–Trinajstić information content (AvgIpc) is 2.05. The first-order valence-electron chi connectivity index (χ1n) is 4.69. The third-order valence-electron chi connectivity index (χ3n) is 1.75. The van der Waals surface area contributed by atoms with Crippen LogP contribution < -0.4 is 0 Å². The van der Waals surface area contributed by atoms with E-state index in [-0.39, 0.29) is 0 Å². The van der Waals surface area contributed by atoms with E-state index in [4.69, 9.17) is 0 Å². The Labute approximate surface area is 84.6 Å². The van der Waals surface area contributed by atoms with Crippen LogP contribution >= 0.6 is 23.5 Å². The lowest BCUT2D eigenvalue weighted by molar-refractivity contribution is 0.663. The van der Waals surface area contributed by atoms with Gasteiger partial charge in [0.1, 0.15) is 0 Å². The zero-order chi connectivity index (χ0) is 8.81. The van der Waals surface area contributed by atoms with Crippen LogP contribution in [0.2, 0.25) is 0 Å². The van der Waals surface area contributed by atoms with Crippen molar-refractivity contribution in [3.05, 3.63) is 12.2 Å². The summed E-state index contributed by atoms with van der Waals surface area (Å²) in [6.45, 7) is 4.54. The van der Waals surface area contributed by atoms with Crippen LogP contribution in [0.5, 0.6) is 0 Å². The molecule has 2 heteroatoms. The first kappa shape index (κ1) is 10.5. The molecule has 1 heterocycles. The van der Waals surface area contributed by atoms with E-state index in [1.165, 1.54) is 24.3 Å². The van der Waals surface area contributed by atoms with Gasteiger partial charge in [0.15, 0.2) is 0 Å². The van der Waals surface area contributed by atoms with Gasteiger partial charge in [0, 0.05) is 0 Å². The van der Waals surface area contributed by atoms with E-state index in [0.717, 1.165) is 10.5 Å². The molecule has 0 aliphatic carbocycles. The number of rotatable bonds is 3. The second kappa shape index (κ2) is 5.98. The Balaban J connectivity index is 2.15. The fourth-order valence-corrected chi connectivity index (χ4v) is 3.76. The van der Waals surface area contributed by atoms with Gasteiger partial charge in [-0.15, -0.1) is 23.5 Å². The van der Waals surface area contributed by atoms with E-state index < -0.39 is 0 Å². The van der Waals surface area contributed by atoms with E-state index in [1.807, 2.05) is 0 Å². The lowest BCUT2D eigenvalue weighted by Crippen LogP contribution is -2.03. The van der Waals surface area contributed by atoms with Gasteiger partial charge in [-0.1, -0.05) is 26.0 Å². The second-order valence-corrected chi connectivity index (χ2v) is 6.32. The normalized spacial score (nSPS) is 20.9. The van der Waals surface area contributed by atoms with Crippen molar-refractivity contribution in [2.75, 3.05) is 11.5 Å². The molecule has 0 unspecified atom stereocenters. The van der Waals surface area contributed by atoms with Crippen molar-refractivity contribution in [2.45, 2.75) is 31.3 Å². The molecule has 0 N–H and O–H groups in total. The minimum absolute atomic E-state index is 0.748. The van der Waals surface area contributed by atoms with Crippen LogP contribution in [0.3, 0.4) is 0 Å². The Morgan fingerprint density at radius 3 is 2.58 bits per heavy atom. The number of allylic oxidation sites excluding steroid dienone is 1. The summed E-state index contributed by atoms with van der Waals surface area (Å²) in [6, 6.07) is 0.